The summed E-state index contributed by atoms with van der Waals surface area (Å²) in [7, 11) is -9.12. The van der Waals surface area contributed by atoms with E-state index in [4.69, 9.17) is 10.5 Å². The summed E-state index contributed by atoms with van der Waals surface area (Å²) in [6.07, 6.45) is 0. The predicted molar refractivity (Wildman–Crippen MR) is 22.6 cm³/mol. The molecule has 0 bridgehead atoms. The fraction of sp³-hybridized carbons (Fsp3) is 0. The van der Waals surface area contributed by atoms with Crippen LogP contribution in [-0.2, 0) is 0 Å². The van der Waals surface area contributed by atoms with Gasteiger partial charge >= 0.3 is 46.1 Å². The third-order valence-corrected chi connectivity index (χ3v) is 1.21. The molecular weight excluding hydrogens is 159 g/mol. The van der Waals surface area contributed by atoms with Gasteiger partial charge in [0.1, 0.15) is 0 Å². The molecule has 0 aliphatic rings. The minimum atomic E-state index is -9.12. The van der Waals surface area contributed by atoms with Crippen molar-refractivity contribution in [3.63, 3.8) is 0 Å². The number of rotatable bonds is 0. The van der Waals surface area contributed by atoms with Crippen LogP contribution in [-0.4, -0.2) is 0 Å². The Labute approximate surface area is 47.3 Å². The van der Waals surface area contributed by atoms with Gasteiger partial charge in [0.05, 0.1) is 0 Å². The second-order valence-corrected chi connectivity index (χ2v) is 4.11. The molecule has 0 aromatic rings. The molecule has 0 saturated carbocycles. The van der Waals surface area contributed by atoms with E-state index in [1.54, 1.807) is 0 Å². The van der Waals surface area contributed by atoms with Gasteiger partial charge in [-0.05, 0) is 0 Å². The van der Waals surface area contributed by atoms with Gasteiger partial charge in [0.25, 0.3) is 0 Å². The van der Waals surface area contributed by atoms with E-state index < -0.39 is 18.8 Å². The molecule has 0 rings (SSSR count). The molecular formula is C2F4N2P-. The minimum absolute atomic E-state index is 0.547. The zero-order valence-corrected chi connectivity index (χ0v) is 4.75. The summed E-state index contributed by atoms with van der Waals surface area (Å²) in [6, 6.07) is 0. The number of nitrogens with zero attached hydrogens (tertiary/aromatic N) is 2. The summed E-state index contributed by atoms with van der Waals surface area (Å²) in [5, 5.41) is 14.4. The van der Waals surface area contributed by atoms with Crippen LogP contribution in [0.5, 0.6) is 0 Å². The van der Waals surface area contributed by atoms with Crippen molar-refractivity contribution < 1.29 is 16.8 Å². The van der Waals surface area contributed by atoms with E-state index in [-0.39, 0.29) is 0 Å². The summed E-state index contributed by atoms with van der Waals surface area (Å²) >= 11 is 0. The average molecular weight is 159 g/mol. The zero-order chi connectivity index (χ0) is 7.82. The molecule has 52 valence electrons. The Morgan fingerprint density at radius 2 is 1.11 bits per heavy atom. The van der Waals surface area contributed by atoms with Crippen molar-refractivity contribution in [3.05, 3.63) is 0 Å². The molecule has 2 nitrogen and oxygen atoms in total. The molecule has 0 aromatic heterocycles. The van der Waals surface area contributed by atoms with Gasteiger partial charge in [0, 0.05) is 0 Å². The van der Waals surface area contributed by atoms with E-state index in [0.29, 0.717) is 0 Å². The van der Waals surface area contributed by atoms with Gasteiger partial charge in [0.15, 0.2) is 0 Å². The van der Waals surface area contributed by atoms with Crippen LogP contribution in [0.1, 0.15) is 0 Å². The molecule has 0 N–H and O–H groups in total. The van der Waals surface area contributed by atoms with Crippen molar-refractivity contribution in [1.82, 2.24) is 0 Å². The van der Waals surface area contributed by atoms with Crippen molar-refractivity contribution in [2.45, 2.75) is 0 Å². The van der Waals surface area contributed by atoms with E-state index in [0.717, 1.165) is 0 Å². The van der Waals surface area contributed by atoms with Crippen molar-refractivity contribution in [1.29, 1.82) is 10.5 Å². The maximum atomic E-state index is 11.3. The molecule has 0 atom stereocenters. The first-order valence-corrected chi connectivity index (χ1v) is 3.82. The molecule has 0 fully saturated rings. The summed E-state index contributed by atoms with van der Waals surface area (Å²) in [4.78, 5) is 0. The Balaban J connectivity index is 5.30. The van der Waals surface area contributed by atoms with Crippen LogP contribution in [0, 0.1) is 22.1 Å². The Kier molecular flexibility index (Phi) is 0.930. The van der Waals surface area contributed by atoms with Crippen LogP contribution in [0.3, 0.4) is 0 Å². The number of hydrogen-bond acceptors (Lipinski definition) is 2. The number of halogens is 4. The molecule has 0 amide bonds. The number of hydrogen-bond donors (Lipinski definition) is 0. The third kappa shape index (κ3) is 2.25. The Hall–Kier alpha value is -0.870. The van der Waals surface area contributed by atoms with Crippen LogP contribution in [0.4, 0.5) is 16.8 Å². The van der Waals surface area contributed by atoms with Crippen molar-refractivity contribution in [2.75, 3.05) is 0 Å². The van der Waals surface area contributed by atoms with Crippen molar-refractivity contribution >= 4 is 7.19 Å². The Bertz CT molecular complexity index is 203. The normalized spacial score (nSPS) is 18.4. The standard InChI is InChI=1S/C2F4N2P/c3-9(4,5,6,1-7)2-8/q-1. The van der Waals surface area contributed by atoms with Gasteiger partial charge in [-0.1, -0.05) is 0 Å². The molecule has 0 spiro atoms. The van der Waals surface area contributed by atoms with Crippen molar-refractivity contribution in [2.24, 2.45) is 0 Å². The van der Waals surface area contributed by atoms with E-state index >= 15 is 0 Å². The fourth-order valence-corrected chi connectivity index (χ4v) is 0.0671. The Morgan fingerprint density at radius 3 is 1.11 bits per heavy atom. The van der Waals surface area contributed by atoms with Gasteiger partial charge in [-0.3, -0.25) is 0 Å². The molecule has 0 heterocycles. The van der Waals surface area contributed by atoms with Crippen LogP contribution < -0.4 is 0 Å². The van der Waals surface area contributed by atoms with Crippen LogP contribution >= 0.6 is 7.19 Å². The topological polar surface area (TPSA) is 47.6 Å². The molecule has 0 aromatic carbocycles. The van der Waals surface area contributed by atoms with Gasteiger partial charge in [-0.2, -0.15) is 0 Å². The van der Waals surface area contributed by atoms with E-state index in [1.165, 1.54) is 0 Å². The van der Waals surface area contributed by atoms with E-state index in [9.17, 15) is 16.8 Å². The quantitative estimate of drug-likeness (QED) is 0.402. The van der Waals surface area contributed by atoms with Crippen molar-refractivity contribution in [3.8, 4) is 11.6 Å². The fourth-order valence-electron chi connectivity index (χ4n) is 0.0224. The molecule has 0 unspecified atom stereocenters. The second kappa shape index (κ2) is 1.03. The molecule has 0 aliphatic carbocycles. The summed E-state index contributed by atoms with van der Waals surface area (Å²) in [5.74, 6) is -1.09. The SMILES string of the molecule is N#C[P-](F)(F)(F)(F)C#N. The second-order valence-electron chi connectivity index (χ2n) is 1.37. The first kappa shape index (κ1) is 8.13. The average Bonchev–Trinajstić information content (AvgIpc) is 1.67. The molecule has 0 radical (unpaired) electrons. The first-order valence-electron chi connectivity index (χ1n) is 1.57. The monoisotopic (exact) mass is 159 g/mol. The molecule has 0 saturated heterocycles. The summed E-state index contributed by atoms with van der Waals surface area (Å²) in [5.41, 5.74) is 0. The Morgan fingerprint density at radius 1 is 0.889 bits per heavy atom. The van der Waals surface area contributed by atoms with Crippen LogP contribution in [0.15, 0.2) is 0 Å². The third-order valence-electron chi connectivity index (χ3n) is 0.402. The van der Waals surface area contributed by atoms with Gasteiger partial charge < -0.3 is 0 Å². The van der Waals surface area contributed by atoms with E-state index in [1.807, 2.05) is 0 Å². The number of nitriles is 2. The molecule has 7 heteroatoms. The summed E-state index contributed by atoms with van der Waals surface area (Å²) in [6.45, 7) is 0. The maximum absolute atomic E-state index is 11.3. The van der Waals surface area contributed by atoms with Gasteiger partial charge in [0.2, 0.25) is 0 Å². The summed E-state index contributed by atoms with van der Waals surface area (Å²) < 4.78 is 45.4. The van der Waals surface area contributed by atoms with Crippen LogP contribution in [0.25, 0.3) is 0 Å². The van der Waals surface area contributed by atoms with Gasteiger partial charge in [-0.25, -0.2) is 0 Å². The zero-order valence-electron chi connectivity index (χ0n) is 3.85. The van der Waals surface area contributed by atoms with Gasteiger partial charge in [-0.15, -0.1) is 0 Å². The first-order chi connectivity index (χ1) is 3.62. The molecule has 9 heavy (non-hydrogen) atoms. The predicted octanol–water partition coefficient (Wildman–Crippen LogP) is 2.58. The molecule has 0 aliphatic heterocycles. The van der Waals surface area contributed by atoms with E-state index in [2.05, 4.69) is 0 Å². The van der Waals surface area contributed by atoms with Crippen LogP contribution in [0.2, 0.25) is 0 Å².